The van der Waals surface area contributed by atoms with Crippen LogP contribution in [0.2, 0.25) is 0 Å². The highest BCUT2D eigenvalue weighted by Crippen LogP contribution is 2.22. The fraction of sp³-hybridized carbons (Fsp3) is 0.0833. The molecule has 1 aromatic heterocycles. The molecule has 0 spiro atoms. The zero-order valence-electron chi connectivity index (χ0n) is 8.36. The normalized spacial score (nSPS) is 10.1. The molecular weight excluding hydrogens is 334 g/mol. The Morgan fingerprint density at radius 3 is 2.50 bits per heavy atom. The Morgan fingerprint density at radius 2 is 1.81 bits per heavy atom. The Labute approximate surface area is 111 Å². The molecule has 82 valence electrons. The molecule has 1 aromatic carbocycles. The quantitative estimate of drug-likeness (QED) is 0.780. The molecule has 0 N–H and O–H groups in total. The topological polar surface area (TPSA) is 22.1 Å². The number of rotatable bonds is 3. The lowest BCUT2D eigenvalue weighted by Gasteiger charge is -2.07. The summed E-state index contributed by atoms with van der Waals surface area (Å²) in [5.41, 5.74) is 1.12. The van der Waals surface area contributed by atoms with Gasteiger partial charge in [0, 0.05) is 10.7 Å². The molecule has 0 unspecified atom stereocenters. The molecule has 2 rings (SSSR count). The number of nitrogens with zero attached hydrogens (tertiary/aromatic N) is 1. The van der Waals surface area contributed by atoms with Crippen LogP contribution in [-0.2, 0) is 6.61 Å². The molecule has 1 heterocycles. The van der Waals surface area contributed by atoms with Crippen molar-refractivity contribution in [3.05, 3.63) is 57.2 Å². The van der Waals surface area contributed by atoms with Crippen molar-refractivity contribution in [3.8, 4) is 5.75 Å². The van der Waals surface area contributed by atoms with E-state index in [2.05, 4.69) is 36.8 Å². The summed E-state index contributed by atoms with van der Waals surface area (Å²) in [6.07, 6.45) is 1.72. The molecule has 2 aromatic rings. The van der Waals surface area contributed by atoms with Crippen LogP contribution in [0.25, 0.3) is 0 Å². The lowest BCUT2D eigenvalue weighted by molar-refractivity contribution is 0.302. The van der Waals surface area contributed by atoms with Gasteiger partial charge in [-0.1, -0.05) is 28.1 Å². The fourth-order valence-corrected chi connectivity index (χ4v) is 1.85. The summed E-state index contributed by atoms with van der Waals surface area (Å²) in [6, 6.07) is 11.8. The Hall–Kier alpha value is -0.870. The fourth-order valence-electron chi connectivity index (χ4n) is 1.22. The number of benzene rings is 1. The van der Waals surface area contributed by atoms with Crippen LogP contribution in [0.1, 0.15) is 5.56 Å². The second-order valence-corrected chi connectivity index (χ2v) is 4.87. The molecule has 0 saturated heterocycles. The van der Waals surface area contributed by atoms with Crippen molar-refractivity contribution in [2.24, 2.45) is 0 Å². The van der Waals surface area contributed by atoms with Crippen molar-refractivity contribution in [1.29, 1.82) is 0 Å². The van der Waals surface area contributed by atoms with E-state index in [9.17, 15) is 0 Å². The Morgan fingerprint density at radius 1 is 1.06 bits per heavy atom. The predicted molar refractivity (Wildman–Crippen MR) is 70.4 cm³/mol. The first-order valence-electron chi connectivity index (χ1n) is 4.73. The first-order valence-corrected chi connectivity index (χ1v) is 6.32. The van der Waals surface area contributed by atoms with E-state index in [0.29, 0.717) is 6.61 Å². The first-order chi connectivity index (χ1) is 7.75. The predicted octanol–water partition coefficient (Wildman–Crippen LogP) is 4.19. The molecule has 2 nitrogen and oxygen atoms in total. The van der Waals surface area contributed by atoms with E-state index >= 15 is 0 Å². The average Bonchev–Trinajstić information content (AvgIpc) is 2.30. The lowest BCUT2D eigenvalue weighted by atomic mass is 10.2. The third kappa shape index (κ3) is 3.06. The zero-order valence-corrected chi connectivity index (χ0v) is 11.5. The van der Waals surface area contributed by atoms with Crippen molar-refractivity contribution in [2.45, 2.75) is 6.61 Å². The third-order valence-corrected chi connectivity index (χ3v) is 3.16. The maximum Gasteiger partial charge on any atom is 0.152 e. The molecule has 0 radical (unpaired) electrons. The van der Waals surface area contributed by atoms with Crippen LogP contribution in [0.3, 0.4) is 0 Å². The Bertz CT molecular complexity index is 471. The van der Waals surface area contributed by atoms with Gasteiger partial charge in [0.15, 0.2) is 5.75 Å². The van der Waals surface area contributed by atoms with E-state index in [1.165, 1.54) is 0 Å². The summed E-state index contributed by atoms with van der Waals surface area (Å²) < 4.78 is 7.44. The highest BCUT2D eigenvalue weighted by Gasteiger charge is 2.01. The minimum atomic E-state index is 0.539. The van der Waals surface area contributed by atoms with Crippen LogP contribution in [0, 0.1) is 0 Å². The van der Waals surface area contributed by atoms with Gasteiger partial charge in [-0.05, 0) is 45.8 Å². The van der Waals surface area contributed by atoms with Crippen LogP contribution in [0.4, 0.5) is 0 Å². The second kappa shape index (κ2) is 5.46. The Kier molecular flexibility index (Phi) is 3.96. The van der Waals surface area contributed by atoms with Gasteiger partial charge in [-0.25, -0.2) is 4.98 Å². The van der Waals surface area contributed by atoms with Gasteiger partial charge in [0.2, 0.25) is 0 Å². The summed E-state index contributed by atoms with van der Waals surface area (Å²) >= 11 is 6.73. The van der Waals surface area contributed by atoms with Crippen molar-refractivity contribution >= 4 is 31.9 Å². The van der Waals surface area contributed by atoms with Gasteiger partial charge in [0.25, 0.3) is 0 Å². The summed E-state index contributed by atoms with van der Waals surface area (Å²) in [6.45, 7) is 0.539. The molecular formula is C12H9Br2NO. The van der Waals surface area contributed by atoms with Crippen molar-refractivity contribution in [1.82, 2.24) is 4.98 Å². The molecule has 4 heteroatoms. The minimum absolute atomic E-state index is 0.539. The first kappa shape index (κ1) is 11.6. The monoisotopic (exact) mass is 341 g/mol. The Balaban J connectivity index is 2.02. The smallest absolute Gasteiger partial charge is 0.152 e. The number of aromatic nitrogens is 1. The maximum absolute atomic E-state index is 5.64. The standard InChI is InChI=1S/C12H9Br2NO/c13-10-5-3-9(4-6-10)8-16-11-2-1-7-15-12(11)14/h1-7H,8H2. The number of hydrogen-bond donors (Lipinski definition) is 0. The summed E-state index contributed by atoms with van der Waals surface area (Å²) in [4.78, 5) is 4.09. The van der Waals surface area contributed by atoms with E-state index in [-0.39, 0.29) is 0 Å². The van der Waals surface area contributed by atoms with Gasteiger partial charge >= 0.3 is 0 Å². The van der Waals surface area contributed by atoms with Crippen LogP contribution in [0.5, 0.6) is 5.75 Å². The van der Waals surface area contributed by atoms with E-state index < -0.39 is 0 Å². The van der Waals surface area contributed by atoms with Gasteiger partial charge in [-0.2, -0.15) is 0 Å². The van der Waals surface area contributed by atoms with Crippen molar-refractivity contribution in [2.75, 3.05) is 0 Å². The van der Waals surface area contributed by atoms with Crippen LogP contribution in [-0.4, -0.2) is 4.98 Å². The molecule has 0 fully saturated rings. The molecule has 0 atom stereocenters. The van der Waals surface area contributed by atoms with E-state index in [1.807, 2.05) is 36.4 Å². The van der Waals surface area contributed by atoms with Crippen molar-refractivity contribution < 1.29 is 4.74 Å². The van der Waals surface area contributed by atoms with Crippen LogP contribution >= 0.6 is 31.9 Å². The van der Waals surface area contributed by atoms with Gasteiger partial charge in [0.1, 0.15) is 11.2 Å². The van der Waals surface area contributed by atoms with Crippen LogP contribution in [0.15, 0.2) is 51.7 Å². The average molecular weight is 343 g/mol. The number of pyridine rings is 1. The summed E-state index contributed by atoms with van der Waals surface area (Å²) in [5.74, 6) is 0.755. The largest absolute Gasteiger partial charge is 0.486 e. The maximum atomic E-state index is 5.64. The van der Waals surface area contributed by atoms with Gasteiger partial charge in [-0.15, -0.1) is 0 Å². The van der Waals surface area contributed by atoms with Crippen molar-refractivity contribution in [3.63, 3.8) is 0 Å². The number of hydrogen-bond acceptors (Lipinski definition) is 2. The second-order valence-electron chi connectivity index (χ2n) is 3.21. The van der Waals surface area contributed by atoms with Gasteiger partial charge in [-0.3, -0.25) is 0 Å². The molecule has 0 aliphatic rings. The highest BCUT2D eigenvalue weighted by molar-refractivity contribution is 9.10. The number of halogens is 2. The highest BCUT2D eigenvalue weighted by atomic mass is 79.9. The third-order valence-electron chi connectivity index (χ3n) is 2.03. The summed E-state index contributed by atoms with van der Waals surface area (Å²) in [7, 11) is 0. The lowest BCUT2D eigenvalue weighted by Crippen LogP contribution is -1.96. The van der Waals surface area contributed by atoms with E-state index in [1.54, 1.807) is 6.20 Å². The SMILES string of the molecule is Brc1ccc(COc2cccnc2Br)cc1. The molecule has 0 saturated carbocycles. The summed E-state index contributed by atoms with van der Waals surface area (Å²) in [5, 5.41) is 0. The molecule has 0 amide bonds. The molecule has 16 heavy (non-hydrogen) atoms. The number of ether oxygens (including phenoxy) is 1. The van der Waals surface area contributed by atoms with Crippen LogP contribution < -0.4 is 4.74 Å². The van der Waals surface area contributed by atoms with E-state index in [0.717, 1.165) is 20.4 Å². The van der Waals surface area contributed by atoms with Gasteiger partial charge < -0.3 is 4.74 Å². The molecule has 0 aliphatic carbocycles. The molecule has 0 aliphatic heterocycles. The van der Waals surface area contributed by atoms with E-state index in [4.69, 9.17) is 4.74 Å². The minimum Gasteiger partial charge on any atom is -0.486 e. The zero-order chi connectivity index (χ0) is 11.4. The molecule has 0 bridgehead atoms. The van der Waals surface area contributed by atoms with Gasteiger partial charge in [0.05, 0.1) is 0 Å².